The maximum absolute atomic E-state index is 13.3. The summed E-state index contributed by atoms with van der Waals surface area (Å²) in [5.74, 6) is 0.447. The van der Waals surface area contributed by atoms with Crippen molar-refractivity contribution in [2.75, 3.05) is 13.1 Å². The minimum absolute atomic E-state index is 0.0116. The molecular formula is C17H27FN4O. The van der Waals surface area contributed by atoms with E-state index in [1.165, 1.54) is 6.07 Å². The molecule has 23 heavy (non-hydrogen) atoms. The van der Waals surface area contributed by atoms with Gasteiger partial charge in [-0.15, -0.1) is 0 Å². The van der Waals surface area contributed by atoms with Crippen LogP contribution >= 0.6 is 0 Å². The van der Waals surface area contributed by atoms with Crippen LogP contribution in [0.5, 0.6) is 0 Å². The van der Waals surface area contributed by atoms with Crippen LogP contribution in [0.25, 0.3) is 0 Å². The second kappa shape index (κ2) is 9.82. The fourth-order valence-electron chi connectivity index (χ4n) is 2.01. The zero-order valence-corrected chi connectivity index (χ0v) is 14.4. The summed E-state index contributed by atoms with van der Waals surface area (Å²) in [7, 11) is 0. The van der Waals surface area contributed by atoms with E-state index >= 15 is 0 Å². The number of guanidine groups is 1. The molecule has 5 nitrogen and oxygen atoms in total. The Kier molecular flexibility index (Phi) is 8.08. The molecule has 128 valence electrons. The van der Waals surface area contributed by atoms with Crippen LogP contribution < -0.4 is 16.0 Å². The SMILES string of the molecule is CCNC(=NCc1ccc(F)c(C)c1)NCCC(=O)NC(C)C. The fraction of sp³-hybridized carbons (Fsp3) is 0.529. The molecule has 1 aromatic carbocycles. The molecule has 0 aliphatic heterocycles. The van der Waals surface area contributed by atoms with Crippen molar-refractivity contribution >= 4 is 11.9 Å². The van der Waals surface area contributed by atoms with Gasteiger partial charge in [0, 0.05) is 25.6 Å². The van der Waals surface area contributed by atoms with E-state index in [0.29, 0.717) is 31.0 Å². The number of carbonyl (C=O) groups excluding carboxylic acids is 1. The summed E-state index contributed by atoms with van der Waals surface area (Å²) < 4.78 is 13.3. The first-order chi connectivity index (χ1) is 10.9. The molecular weight excluding hydrogens is 295 g/mol. The summed E-state index contributed by atoms with van der Waals surface area (Å²) in [6.07, 6.45) is 0.387. The number of nitrogens with one attached hydrogen (secondary N) is 3. The summed E-state index contributed by atoms with van der Waals surface area (Å²) in [4.78, 5) is 16.0. The normalized spacial score (nSPS) is 11.5. The molecule has 1 rings (SSSR count). The molecule has 0 aromatic heterocycles. The number of amides is 1. The van der Waals surface area contributed by atoms with Crippen molar-refractivity contribution in [3.05, 3.63) is 35.1 Å². The highest BCUT2D eigenvalue weighted by Gasteiger charge is 2.04. The standard InChI is InChI=1S/C17H27FN4O/c1-5-19-17(20-9-8-16(23)22-12(2)3)21-11-14-6-7-15(18)13(4)10-14/h6-7,10,12H,5,8-9,11H2,1-4H3,(H,22,23)(H2,19,20,21). The van der Waals surface area contributed by atoms with Crippen molar-refractivity contribution in [1.82, 2.24) is 16.0 Å². The lowest BCUT2D eigenvalue weighted by Crippen LogP contribution is -2.40. The molecule has 0 radical (unpaired) electrons. The number of aryl methyl sites for hydroxylation is 1. The summed E-state index contributed by atoms with van der Waals surface area (Å²) in [6.45, 7) is 9.26. The molecule has 0 heterocycles. The van der Waals surface area contributed by atoms with Crippen LogP contribution in [0, 0.1) is 12.7 Å². The summed E-state index contributed by atoms with van der Waals surface area (Å²) in [5, 5.41) is 9.09. The molecule has 0 spiro atoms. The second-order valence-corrected chi connectivity index (χ2v) is 5.68. The van der Waals surface area contributed by atoms with Crippen molar-refractivity contribution in [3.8, 4) is 0 Å². The first-order valence-electron chi connectivity index (χ1n) is 7.99. The lowest BCUT2D eigenvalue weighted by molar-refractivity contribution is -0.121. The Morgan fingerprint density at radius 1 is 1.30 bits per heavy atom. The number of hydrogen-bond acceptors (Lipinski definition) is 2. The highest BCUT2D eigenvalue weighted by atomic mass is 19.1. The van der Waals surface area contributed by atoms with Gasteiger partial charge in [-0.25, -0.2) is 9.38 Å². The molecule has 0 atom stereocenters. The van der Waals surface area contributed by atoms with Crippen molar-refractivity contribution in [1.29, 1.82) is 0 Å². The minimum Gasteiger partial charge on any atom is -0.357 e. The monoisotopic (exact) mass is 322 g/mol. The van der Waals surface area contributed by atoms with E-state index in [2.05, 4.69) is 20.9 Å². The van der Waals surface area contributed by atoms with Gasteiger partial charge in [0.15, 0.2) is 5.96 Å². The number of nitrogens with zero attached hydrogens (tertiary/aromatic N) is 1. The van der Waals surface area contributed by atoms with Gasteiger partial charge in [0.2, 0.25) is 5.91 Å². The van der Waals surface area contributed by atoms with Crippen LogP contribution in [0.3, 0.4) is 0 Å². The highest BCUT2D eigenvalue weighted by molar-refractivity contribution is 5.81. The van der Waals surface area contributed by atoms with E-state index in [4.69, 9.17) is 0 Å². The van der Waals surface area contributed by atoms with E-state index < -0.39 is 0 Å². The van der Waals surface area contributed by atoms with Gasteiger partial charge in [-0.3, -0.25) is 4.79 Å². The van der Waals surface area contributed by atoms with Crippen molar-refractivity contribution in [2.45, 2.75) is 46.7 Å². The Morgan fingerprint density at radius 3 is 2.65 bits per heavy atom. The van der Waals surface area contributed by atoms with Crippen molar-refractivity contribution in [3.63, 3.8) is 0 Å². The number of hydrogen-bond donors (Lipinski definition) is 3. The number of halogens is 1. The molecule has 1 amide bonds. The molecule has 0 saturated carbocycles. The Morgan fingerprint density at radius 2 is 2.04 bits per heavy atom. The predicted molar refractivity (Wildman–Crippen MR) is 91.9 cm³/mol. The van der Waals surface area contributed by atoms with Gasteiger partial charge in [-0.2, -0.15) is 0 Å². The Labute approximate surface area is 137 Å². The second-order valence-electron chi connectivity index (χ2n) is 5.68. The first-order valence-corrected chi connectivity index (χ1v) is 7.99. The third-order valence-corrected chi connectivity index (χ3v) is 3.08. The number of carbonyl (C=O) groups is 1. The average molecular weight is 322 g/mol. The highest BCUT2D eigenvalue weighted by Crippen LogP contribution is 2.09. The van der Waals surface area contributed by atoms with E-state index in [1.54, 1.807) is 19.1 Å². The molecule has 0 aliphatic rings. The quantitative estimate of drug-likeness (QED) is 0.532. The van der Waals surface area contributed by atoms with Gasteiger partial charge in [0.05, 0.1) is 6.54 Å². The van der Waals surface area contributed by atoms with Crippen LogP contribution in [0.1, 0.15) is 38.3 Å². The maximum atomic E-state index is 13.3. The van der Waals surface area contributed by atoms with Gasteiger partial charge in [0.25, 0.3) is 0 Å². The lowest BCUT2D eigenvalue weighted by Gasteiger charge is -2.12. The zero-order chi connectivity index (χ0) is 17.2. The summed E-state index contributed by atoms with van der Waals surface area (Å²) in [5.41, 5.74) is 1.56. The largest absolute Gasteiger partial charge is 0.357 e. The topological polar surface area (TPSA) is 65.5 Å². The van der Waals surface area contributed by atoms with Crippen LogP contribution in [-0.4, -0.2) is 31.0 Å². The maximum Gasteiger partial charge on any atom is 0.221 e. The molecule has 6 heteroatoms. The Bertz CT molecular complexity index is 543. The predicted octanol–water partition coefficient (Wildman–Crippen LogP) is 2.10. The van der Waals surface area contributed by atoms with E-state index in [1.807, 2.05) is 20.8 Å². The molecule has 0 bridgehead atoms. The smallest absolute Gasteiger partial charge is 0.221 e. The third kappa shape index (κ3) is 7.63. The summed E-state index contributed by atoms with van der Waals surface area (Å²) in [6, 6.07) is 5.12. The molecule has 3 N–H and O–H groups in total. The number of rotatable bonds is 7. The van der Waals surface area contributed by atoms with E-state index in [9.17, 15) is 9.18 Å². The number of benzene rings is 1. The average Bonchev–Trinajstić information content (AvgIpc) is 2.47. The zero-order valence-electron chi connectivity index (χ0n) is 14.4. The summed E-state index contributed by atoms with van der Waals surface area (Å²) >= 11 is 0. The Hall–Kier alpha value is -2.11. The third-order valence-electron chi connectivity index (χ3n) is 3.08. The Balaban J connectivity index is 2.52. The van der Waals surface area contributed by atoms with Gasteiger partial charge in [-0.1, -0.05) is 12.1 Å². The van der Waals surface area contributed by atoms with Crippen LogP contribution in [0.4, 0.5) is 4.39 Å². The van der Waals surface area contributed by atoms with Crippen molar-refractivity contribution in [2.24, 2.45) is 4.99 Å². The number of aliphatic imine (C=N–C) groups is 1. The molecule has 0 fully saturated rings. The molecule has 0 unspecified atom stereocenters. The molecule has 1 aromatic rings. The minimum atomic E-state index is -0.209. The van der Waals surface area contributed by atoms with E-state index in [-0.39, 0.29) is 17.8 Å². The lowest BCUT2D eigenvalue weighted by atomic mass is 10.1. The van der Waals surface area contributed by atoms with Gasteiger partial charge in [-0.05, 0) is 44.9 Å². The van der Waals surface area contributed by atoms with Crippen LogP contribution in [0.15, 0.2) is 23.2 Å². The first kappa shape index (κ1) is 18.9. The molecule has 0 saturated heterocycles. The van der Waals surface area contributed by atoms with E-state index in [0.717, 1.165) is 12.1 Å². The molecule has 0 aliphatic carbocycles. The van der Waals surface area contributed by atoms with Crippen LogP contribution in [0.2, 0.25) is 0 Å². The van der Waals surface area contributed by atoms with Crippen molar-refractivity contribution < 1.29 is 9.18 Å². The van der Waals surface area contributed by atoms with Gasteiger partial charge in [0.1, 0.15) is 5.82 Å². The van der Waals surface area contributed by atoms with Crippen LogP contribution in [-0.2, 0) is 11.3 Å². The van der Waals surface area contributed by atoms with Gasteiger partial charge < -0.3 is 16.0 Å². The fourth-order valence-corrected chi connectivity index (χ4v) is 2.01. The van der Waals surface area contributed by atoms with Gasteiger partial charge >= 0.3 is 0 Å².